The molecule has 4 rings (SSSR count). The van der Waals surface area contributed by atoms with Crippen LogP contribution < -0.4 is 11.0 Å². The number of aliphatic hydroxyl groups excluding tert-OH is 1. The third-order valence-electron chi connectivity index (χ3n) is 4.67. The van der Waals surface area contributed by atoms with Crippen molar-refractivity contribution in [2.45, 2.75) is 25.2 Å². The summed E-state index contributed by atoms with van der Waals surface area (Å²) >= 11 is 0. The molecule has 2 aromatic heterocycles. The number of benzene rings is 1. The fourth-order valence-corrected chi connectivity index (χ4v) is 3.24. The van der Waals surface area contributed by atoms with Gasteiger partial charge in [-0.15, -0.1) is 0 Å². The first kappa shape index (κ1) is 18.5. The average Bonchev–Trinajstić information content (AvgIpc) is 3.43. The van der Waals surface area contributed by atoms with Crippen molar-refractivity contribution in [3.8, 4) is 17.1 Å². The van der Waals surface area contributed by atoms with Crippen LogP contribution in [0.4, 0.5) is 8.78 Å². The highest BCUT2D eigenvalue weighted by molar-refractivity contribution is 5.58. The minimum Gasteiger partial charge on any atom is -0.377 e. The minimum absolute atomic E-state index is 0.0663. The molecule has 10 heteroatoms. The van der Waals surface area contributed by atoms with E-state index in [9.17, 15) is 18.7 Å². The first-order valence-corrected chi connectivity index (χ1v) is 8.88. The van der Waals surface area contributed by atoms with E-state index in [1.165, 1.54) is 18.3 Å². The maximum atomic E-state index is 14.2. The molecule has 148 valence electrons. The van der Waals surface area contributed by atoms with Gasteiger partial charge in [0.2, 0.25) is 0 Å². The maximum Gasteiger partial charge on any atom is 0.348 e. The van der Waals surface area contributed by atoms with Gasteiger partial charge in [0.1, 0.15) is 6.23 Å². The minimum atomic E-state index is -1.15. The second-order valence-corrected chi connectivity index (χ2v) is 6.55. The number of aromatic nitrogens is 4. The lowest BCUT2D eigenvalue weighted by Crippen LogP contribution is -2.30. The van der Waals surface area contributed by atoms with E-state index in [-0.39, 0.29) is 17.6 Å². The van der Waals surface area contributed by atoms with E-state index in [1.807, 2.05) is 0 Å². The zero-order chi connectivity index (χ0) is 19.7. The van der Waals surface area contributed by atoms with Crippen LogP contribution in [0.5, 0.6) is 0 Å². The average molecular weight is 391 g/mol. The van der Waals surface area contributed by atoms with Crippen LogP contribution in [0.2, 0.25) is 0 Å². The standard InChI is InChI=1S/C18H19F2N5O3/c19-12-4-1-5-14(15(12)20)25-16(23-24-18(25)27)10-7-13(21-8-10)17(26)22-9-11-3-2-6-28-11/h1,4-5,7-8,11,17,21-22,26H,2-3,6,9H2,(H,24,27)/t11-,17?/m0/s1. The first-order chi connectivity index (χ1) is 13.5. The monoisotopic (exact) mass is 391 g/mol. The molecule has 1 aliphatic heterocycles. The van der Waals surface area contributed by atoms with Crippen LogP contribution in [0.3, 0.4) is 0 Å². The molecule has 28 heavy (non-hydrogen) atoms. The number of H-pyrrole nitrogens is 2. The van der Waals surface area contributed by atoms with Crippen molar-refractivity contribution in [1.82, 2.24) is 25.1 Å². The van der Waals surface area contributed by atoms with E-state index in [1.54, 1.807) is 6.07 Å². The van der Waals surface area contributed by atoms with Gasteiger partial charge in [0, 0.05) is 24.9 Å². The number of ether oxygens (including phenoxy) is 1. The Morgan fingerprint density at radius 3 is 3.07 bits per heavy atom. The Labute approximate surface area is 158 Å². The molecular weight excluding hydrogens is 372 g/mol. The van der Waals surface area contributed by atoms with Crippen molar-refractivity contribution < 1.29 is 18.6 Å². The number of aromatic amines is 2. The van der Waals surface area contributed by atoms with Crippen molar-refractivity contribution in [3.63, 3.8) is 0 Å². The molecule has 0 saturated carbocycles. The summed E-state index contributed by atoms with van der Waals surface area (Å²) in [5.41, 5.74) is -0.0995. The normalized spacial score (nSPS) is 17.9. The number of hydrogen-bond donors (Lipinski definition) is 4. The summed E-state index contributed by atoms with van der Waals surface area (Å²) in [4.78, 5) is 15.0. The molecule has 1 fully saturated rings. The molecule has 4 N–H and O–H groups in total. The molecule has 0 spiro atoms. The van der Waals surface area contributed by atoms with Gasteiger partial charge in [0.15, 0.2) is 17.5 Å². The Balaban J connectivity index is 1.59. The lowest BCUT2D eigenvalue weighted by atomic mass is 10.2. The molecule has 2 atom stereocenters. The second-order valence-electron chi connectivity index (χ2n) is 6.55. The van der Waals surface area contributed by atoms with Gasteiger partial charge in [0.05, 0.1) is 17.5 Å². The predicted octanol–water partition coefficient (Wildman–Crippen LogP) is 1.59. The number of nitrogens with zero attached hydrogens (tertiary/aromatic N) is 2. The molecule has 1 unspecified atom stereocenters. The fraction of sp³-hybridized carbons (Fsp3) is 0.333. The van der Waals surface area contributed by atoms with Crippen LogP contribution in [0.15, 0.2) is 35.3 Å². The number of hydrogen-bond acceptors (Lipinski definition) is 5. The van der Waals surface area contributed by atoms with Crippen molar-refractivity contribution in [3.05, 3.63) is 58.3 Å². The van der Waals surface area contributed by atoms with Crippen molar-refractivity contribution in [2.75, 3.05) is 13.2 Å². The summed E-state index contributed by atoms with van der Waals surface area (Å²) in [6.07, 6.45) is 2.55. The topological polar surface area (TPSA) is 108 Å². The van der Waals surface area contributed by atoms with Gasteiger partial charge < -0.3 is 14.8 Å². The zero-order valence-electron chi connectivity index (χ0n) is 14.8. The number of rotatable bonds is 6. The quantitative estimate of drug-likeness (QED) is 0.478. The van der Waals surface area contributed by atoms with Gasteiger partial charge in [-0.3, -0.25) is 5.32 Å². The molecule has 0 aliphatic carbocycles. The largest absolute Gasteiger partial charge is 0.377 e. The van der Waals surface area contributed by atoms with Gasteiger partial charge in [-0.2, -0.15) is 5.10 Å². The summed E-state index contributed by atoms with van der Waals surface area (Å²) in [6, 6.07) is 5.13. The summed E-state index contributed by atoms with van der Waals surface area (Å²) < 4.78 is 34.2. The first-order valence-electron chi connectivity index (χ1n) is 8.88. The lowest BCUT2D eigenvalue weighted by molar-refractivity contribution is 0.0764. The second kappa shape index (κ2) is 7.66. The van der Waals surface area contributed by atoms with Gasteiger partial charge >= 0.3 is 5.69 Å². The Morgan fingerprint density at radius 2 is 2.29 bits per heavy atom. The molecular formula is C18H19F2N5O3. The third kappa shape index (κ3) is 3.49. The summed E-state index contributed by atoms with van der Waals surface area (Å²) in [5, 5.41) is 19.4. The Bertz CT molecular complexity index is 1020. The van der Waals surface area contributed by atoms with E-state index in [0.29, 0.717) is 17.8 Å². The van der Waals surface area contributed by atoms with E-state index in [0.717, 1.165) is 30.1 Å². The molecule has 3 aromatic rings. The highest BCUT2D eigenvalue weighted by Gasteiger charge is 2.21. The van der Waals surface area contributed by atoms with Crippen molar-refractivity contribution in [1.29, 1.82) is 0 Å². The lowest BCUT2D eigenvalue weighted by Gasteiger charge is -2.14. The highest BCUT2D eigenvalue weighted by Crippen LogP contribution is 2.24. The van der Waals surface area contributed by atoms with Crippen LogP contribution in [0.25, 0.3) is 17.1 Å². The van der Waals surface area contributed by atoms with Gasteiger partial charge in [0.25, 0.3) is 0 Å². The zero-order valence-corrected chi connectivity index (χ0v) is 14.8. The molecule has 0 radical (unpaired) electrons. The number of nitrogens with one attached hydrogen (secondary N) is 3. The van der Waals surface area contributed by atoms with Crippen LogP contribution in [0, 0.1) is 11.6 Å². The fourth-order valence-electron chi connectivity index (χ4n) is 3.24. The van der Waals surface area contributed by atoms with Crippen molar-refractivity contribution >= 4 is 0 Å². The molecule has 1 saturated heterocycles. The molecule has 1 aliphatic rings. The van der Waals surface area contributed by atoms with Crippen LogP contribution in [-0.2, 0) is 4.74 Å². The number of aliphatic hydroxyl groups is 1. The molecule has 0 bridgehead atoms. The van der Waals surface area contributed by atoms with E-state index < -0.39 is 23.6 Å². The summed E-state index contributed by atoms with van der Waals surface area (Å²) in [5.74, 6) is -2.13. The highest BCUT2D eigenvalue weighted by atomic mass is 19.2. The Kier molecular flexibility index (Phi) is 5.07. The maximum absolute atomic E-state index is 14.2. The van der Waals surface area contributed by atoms with Crippen LogP contribution in [0.1, 0.15) is 24.8 Å². The molecule has 0 amide bonds. The smallest absolute Gasteiger partial charge is 0.348 e. The third-order valence-corrected chi connectivity index (χ3v) is 4.67. The van der Waals surface area contributed by atoms with Crippen LogP contribution in [-0.4, -0.2) is 44.1 Å². The molecule has 1 aromatic carbocycles. The molecule has 8 nitrogen and oxygen atoms in total. The van der Waals surface area contributed by atoms with Gasteiger partial charge in [-0.1, -0.05) is 6.07 Å². The van der Waals surface area contributed by atoms with Crippen LogP contribution >= 0.6 is 0 Å². The van der Waals surface area contributed by atoms with E-state index in [2.05, 4.69) is 20.5 Å². The van der Waals surface area contributed by atoms with E-state index >= 15 is 0 Å². The Morgan fingerprint density at radius 1 is 1.43 bits per heavy atom. The summed E-state index contributed by atoms with van der Waals surface area (Å²) in [7, 11) is 0. The SMILES string of the molecule is O=c1[nH]nc(-c2c[nH]c(C(O)NC[C@@H]3CCCO3)c2)n1-c1cccc(F)c1F. The molecule has 3 heterocycles. The van der Waals surface area contributed by atoms with Crippen molar-refractivity contribution in [2.24, 2.45) is 0 Å². The summed E-state index contributed by atoms with van der Waals surface area (Å²) in [6.45, 7) is 1.22. The van der Waals surface area contributed by atoms with Gasteiger partial charge in [-0.05, 0) is 31.0 Å². The Hall–Kier alpha value is -2.82. The predicted molar refractivity (Wildman–Crippen MR) is 95.8 cm³/mol. The van der Waals surface area contributed by atoms with Gasteiger partial charge in [-0.25, -0.2) is 23.2 Å². The number of halogens is 2. The van der Waals surface area contributed by atoms with E-state index in [4.69, 9.17) is 4.74 Å².